The van der Waals surface area contributed by atoms with Crippen molar-refractivity contribution in [2.45, 2.75) is 44.4 Å². The van der Waals surface area contributed by atoms with Crippen molar-refractivity contribution in [2.24, 2.45) is 11.8 Å². The summed E-state index contributed by atoms with van der Waals surface area (Å²) >= 11 is 0. The summed E-state index contributed by atoms with van der Waals surface area (Å²) in [6.07, 6.45) is 9.30. The van der Waals surface area contributed by atoms with Crippen LogP contribution in [0.1, 0.15) is 19.3 Å². The fraction of sp³-hybridized carbons (Fsp3) is 0.818. The molecular formula is C11H20Si. The van der Waals surface area contributed by atoms with Gasteiger partial charge in [-0.3, -0.25) is 0 Å². The van der Waals surface area contributed by atoms with Crippen molar-refractivity contribution >= 4 is 8.07 Å². The molecule has 68 valence electrons. The van der Waals surface area contributed by atoms with E-state index in [1.807, 2.05) is 0 Å². The Balaban J connectivity index is 2.03. The third-order valence-electron chi connectivity index (χ3n) is 3.80. The van der Waals surface area contributed by atoms with E-state index in [0.717, 1.165) is 17.4 Å². The highest BCUT2D eigenvalue weighted by molar-refractivity contribution is 6.77. The van der Waals surface area contributed by atoms with Gasteiger partial charge in [0.2, 0.25) is 0 Å². The summed E-state index contributed by atoms with van der Waals surface area (Å²) in [5, 5.41) is 0. The summed E-state index contributed by atoms with van der Waals surface area (Å²) in [5.74, 6) is 2.02. The van der Waals surface area contributed by atoms with Gasteiger partial charge in [0.05, 0.1) is 0 Å². The first-order valence-electron chi connectivity index (χ1n) is 5.24. The van der Waals surface area contributed by atoms with E-state index in [0.29, 0.717) is 0 Å². The zero-order chi connectivity index (χ0) is 8.77. The molecule has 0 bridgehead atoms. The third kappa shape index (κ3) is 1.39. The van der Waals surface area contributed by atoms with Crippen LogP contribution in [0.4, 0.5) is 0 Å². The second kappa shape index (κ2) is 2.73. The smallest absolute Gasteiger partial charge is 0.0474 e. The van der Waals surface area contributed by atoms with Crippen LogP contribution in [-0.2, 0) is 0 Å². The van der Waals surface area contributed by atoms with Crippen molar-refractivity contribution in [2.75, 3.05) is 0 Å². The summed E-state index contributed by atoms with van der Waals surface area (Å²) in [6.45, 7) is 7.59. The van der Waals surface area contributed by atoms with E-state index < -0.39 is 8.07 Å². The Morgan fingerprint density at radius 2 is 1.92 bits per heavy atom. The van der Waals surface area contributed by atoms with E-state index >= 15 is 0 Å². The molecule has 3 unspecified atom stereocenters. The van der Waals surface area contributed by atoms with E-state index in [9.17, 15) is 0 Å². The van der Waals surface area contributed by atoms with Crippen LogP contribution in [0.15, 0.2) is 12.2 Å². The van der Waals surface area contributed by atoms with Crippen LogP contribution in [0.2, 0.25) is 25.2 Å². The number of hydrogen-bond donors (Lipinski definition) is 0. The van der Waals surface area contributed by atoms with Gasteiger partial charge in [-0.05, 0) is 36.6 Å². The Kier molecular flexibility index (Phi) is 1.94. The molecule has 0 N–H and O–H groups in total. The van der Waals surface area contributed by atoms with Gasteiger partial charge in [-0.15, -0.1) is 0 Å². The van der Waals surface area contributed by atoms with E-state index in [1.165, 1.54) is 19.3 Å². The normalized spacial score (nSPS) is 40.4. The first-order chi connectivity index (χ1) is 5.57. The fourth-order valence-corrected chi connectivity index (χ4v) is 4.79. The van der Waals surface area contributed by atoms with Gasteiger partial charge in [0.15, 0.2) is 0 Å². The molecule has 1 heteroatoms. The summed E-state index contributed by atoms with van der Waals surface area (Å²) in [7, 11) is -0.824. The first-order valence-corrected chi connectivity index (χ1v) is 8.82. The minimum absolute atomic E-state index is 0.824. The molecule has 0 radical (unpaired) electrons. The molecule has 0 aliphatic heterocycles. The van der Waals surface area contributed by atoms with Crippen LogP contribution in [0.5, 0.6) is 0 Å². The molecule has 1 fully saturated rings. The summed E-state index contributed by atoms with van der Waals surface area (Å²) in [4.78, 5) is 0. The van der Waals surface area contributed by atoms with Gasteiger partial charge in [0, 0.05) is 8.07 Å². The van der Waals surface area contributed by atoms with Crippen LogP contribution in [0.3, 0.4) is 0 Å². The van der Waals surface area contributed by atoms with Crippen molar-refractivity contribution in [3.8, 4) is 0 Å². The molecule has 12 heavy (non-hydrogen) atoms. The van der Waals surface area contributed by atoms with Crippen LogP contribution >= 0.6 is 0 Å². The summed E-state index contributed by atoms with van der Waals surface area (Å²) < 4.78 is 0. The molecule has 0 aromatic carbocycles. The number of fused-ring (bicyclic) bond motifs is 1. The lowest BCUT2D eigenvalue weighted by Crippen LogP contribution is -2.26. The number of hydrogen-bond acceptors (Lipinski definition) is 0. The molecule has 1 saturated carbocycles. The standard InChI is InChI=1S/C11H20Si/c1-12(2,3)11-7-9-5-4-6-10(9)8-11/h4-5,9-11H,6-8H2,1-3H3. The minimum atomic E-state index is -0.824. The Hall–Kier alpha value is -0.0431. The second-order valence-electron chi connectivity index (χ2n) is 5.62. The van der Waals surface area contributed by atoms with Crippen molar-refractivity contribution in [3.05, 3.63) is 12.2 Å². The topological polar surface area (TPSA) is 0 Å². The lowest BCUT2D eigenvalue weighted by atomic mass is 10.0. The Bertz CT molecular complexity index is 200. The predicted octanol–water partition coefficient (Wildman–Crippen LogP) is 3.68. The summed E-state index contributed by atoms with van der Waals surface area (Å²) in [6, 6.07) is 0. The monoisotopic (exact) mass is 180 g/mol. The molecule has 0 saturated heterocycles. The van der Waals surface area contributed by atoms with Crippen molar-refractivity contribution in [3.63, 3.8) is 0 Å². The fourth-order valence-electron chi connectivity index (χ4n) is 2.80. The van der Waals surface area contributed by atoms with E-state index in [-0.39, 0.29) is 0 Å². The van der Waals surface area contributed by atoms with Gasteiger partial charge in [-0.1, -0.05) is 31.8 Å². The molecular weight excluding hydrogens is 160 g/mol. The zero-order valence-corrected chi connectivity index (χ0v) is 9.51. The quantitative estimate of drug-likeness (QED) is 0.426. The lowest BCUT2D eigenvalue weighted by molar-refractivity contribution is 0.496. The molecule has 2 aliphatic rings. The van der Waals surface area contributed by atoms with Gasteiger partial charge in [-0.2, -0.15) is 0 Å². The molecule has 0 nitrogen and oxygen atoms in total. The second-order valence-corrected chi connectivity index (χ2v) is 11.2. The van der Waals surface area contributed by atoms with Gasteiger partial charge in [-0.25, -0.2) is 0 Å². The predicted molar refractivity (Wildman–Crippen MR) is 57.1 cm³/mol. The van der Waals surface area contributed by atoms with Crippen molar-refractivity contribution in [1.82, 2.24) is 0 Å². The maximum Gasteiger partial charge on any atom is 0.0474 e. The van der Waals surface area contributed by atoms with E-state index in [4.69, 9.17) is 0 Å². The van der Waals surface area contributed by atoms with Crippen molar-refractivity contribution < 1.29 is 0 Å². The van der Waals surface area contributed by atoms with Crippen LogP contribution in [0.25, 0.3) is 0 Å². The maximum absolute atomic E-state index is 2.53. The average molecular weight is 180 g/mol. The highest BCUT2D eigenvalue weighted by atomic mass is 28.3. The van der Waals surface area contributed by atoms with E-state index in [2.05, 4.69) is 31.8 Å². The Morgan fingerprint density at radius 1 is 1.17 bits per heavy atom. The molecule has 0 amide bonds. The Labute approximate surface area is 77.1 Å². The van der Waals surface area contributed by atoms with Crippen molar-refractivity contribution in [1.29, 1.82) is 0 Å². The molecule has 0 aromatic rings. The van der Waals surface area contributed by atoms with Gasteiger partial charge < -0.3 is 0 Å². The largest absolute Gasteiger partial charge is 0.0880 e. The van der Waals surface area contributed by atoms with Crippen LogP contribution < -0.4 is 0 Å². The molecule has 0 aromatic heterocycles. The molecule has 2 rings (SSSR count). The molecule has 3 atom stereocenters. The van der Waals surface area contributed by atoms with Gasteiger partial charge in [0.1, 0.15) is 0 Å². The SMILES string of the molecule is C[Si](C)(C)C1CC2C=CCC2C1. The zero-order valence-electron chi connectivity index (χ0n) is 8.51. The van der Waals surface area contributed by atoms with Gasteiger partial charge >= 0.3 is 0 Å². The third-order valence-corrected chi connectivity index (χ3v) is 6.72. The van der Waals surface area contributed by atoms with E-state index in [1.54, 1.807) is 0 Å². The number of rotatable bonds is 1. The molecule has 0 spiro atoms. The highest BCUT2D eigenvalue weighted by Crippen LogP contribution is 2.49. The Morgan fingerprint density at radius 3 is 2.50 bits per heavy atom. The van der Waals surface area contributed by atoms with Crippen LogP contribution in [0, 0.1) is 11.8 Å². The van der Waals surface area contributed by atoms with Crippen LogP contribution in [-0.4, -0.2) is 8.07 Å². The maximum atomic E-state index is 2.53. The summed E-state index contributed by atoms with van der Waals surface area (Å²) in [5.41, 5.74) is 1.11. The molecule has 2 aliphatic carbocycles. The average Bonchev–Trinajstić information content (AvgIpc) is 2.37. The number of allylic oxidation sites excluding steroid dienone is 2. The molecule has 0 heterocycles. The first kappa shape index (κ1) is 8.55. The van der Waals surface area contributed by atoms with Gasteiger partial charge in [0.25, 0.3) is 0 Å². The highest BCUT2D eigenvalue weighted by Gasteiger charge is 2.40. The minimum Gasteiger partial charge on any atom is -0.0880 e. The lowest BCUT2D eigenvalue weighted by Gasteiger charge is -2.24.